The first-order chi connectivity index (χ1) is 14.4. The van der Waals surface area contributed by atoms with E-state index in [2.05, 4.69) is 31.2 Å². The third-order valence-electron chi connectivity index (χ3n) is 7.79. The first-order valence-corrected chi connectivity index (χ1v) is 10.6. The molecular formula is C27H23NO2. The van der Waals surface area contributed by atoms with Crippen molar-refractivity contribution in [3.8, 4) is 0 Å². The zero-order valence-electron chi connectivity index (χ0n) is 17.3. The van der Waals surface area contributed by atoms with Crippen LogP contribution in [-0.2, 0) is 15.0 Å². The van der Waals surface area contributed by atoms with Crippen molar-refractivity contribution in [2.45, 2.75) is 32.1 Å². The number of amides is 2. The minimum absolute atomic E-state index is 0.0616. The van der Waals surface area contributed by atoms with Crippen LogP contribution in [-0.4, -0.2) is 11.8 Å². The second kappa shape index (κ2) is 5.69. The quantitative estimate of drug-likeness (QED) is 0.553. The summed E-state index contributed by atoms with van der Waals surface area (Å²) >= 11 is 0. The molecule has 0 saturated carbocycles. The summed E-state index contributed by atoms with van der Waals surface area (Å²) in [4.78, 5) is 29.1. The van der Waals surface area contributed by atoms with Crippen molar-refractivity contribution < 1.29 is 9.59 Å². The van der Waals surface area contributed by atoms with Crippen molar-refractivity contribution in [2.24, 2.45) is 11.8 Å². The third-order valence-corrected chi connectivity index (χ3v) is 7.79. The molecule has 2 amide bonds. The van der Waals surface area contributed by atoms with E-state index in [0.29, 0.717) is 5.69 Å². The summed E-state index contributed by atoms with van der Waals surface area (Å²) in [7, 11) is 0. The Hall–Kier alpha value is -3.20. The highest BCUT2D eigenvalue weighted by Crippen LogP contribution is 2.64. The van der Waals surface area contributed by atoms with Gasteiger partial charge in [0.1, 0.15) is 0 Å². The molecule has 0 aromatic heterocycles. The summed E-state index contributed by atoms with van der Waals surface area (Å²) in [5.74, 6) is -0.925. The second-order valence-electron chi connectivity index (χ2n) is 9.14. The van der Waals surface area contributed by atoms with Gasteiger partial charge in [-0.25, -0.2) is 4.90 Å². The largest absolute Gasteiger partial charge is 0.274 e. The van der Waals surface area contributed by atoms with Crippen LogP contribution in [0.5, 0.6) is 0 Å². The molecule has 3 aliphatic carbocycles. The van der Waals surface area contributed by atoms with E-state index in [1.807, 2.05) is 56.3 Å². The Labute approximate surface area is 176 Å². The van der Waals surface area contributed by atoms with Crippen LogP contribution in [0.2, 0.25) is 0 Å². The van der Waals surface area contributed by atoms with Crippen LogP contribution >= 0.6 is 0 Å². The van der Waals surface area contributed by atoms with Crippen LogP contribution < -0.4 is 4.90 Å². The molecule has 4 aliphatic rings. The van der Waals surface area contributed by atoms with Gasteiger partial charge in [0.25, 0.3) is 0 Å². The van der Waals surface area contributed by atoms with Crippen LogP contribution in [0, 0.1) is 25.7 Å². The highest BCUT2D eigenvalue weighted by Gasteiger charge is 2.66. The Kier molecular flexibility index (Phi) is 3.35. The molecule has 0 radical (unpaired) electrons. The Morgan fingerprint density at radius 2 is 1.37 bits per heavy atom. The number of benzene rings is 3. The molecule has 3 aromatic carbocycles. The van der Waals surface area contributed by atoms with Gasteiger partial charge in [0.15, 0.2) is 0 Å². The van der Waals surface area contributed by atoms with Crippen molar-refractivity contribution in [3.63, 3.8) is 0 Å². The fraction of sp³-hybridized carbons (Fsp3) is 0.259. The van der Waals surface area contributed by atoms with E-state index in [0.717, 1.165) is 11.1 Å². The molecule has 0 N–H and O–H groups in total. The number of anilines is 1. The maximum atomic E-state index is 13.9. The van der Waals surface area contributed by atoms with Crippen molar-refractivity contribution in [1.29, 1.82) is 0 Å². The first-order valence-electron chi connectivity index (χ1n) is 10.6. The molecule has 1 saturated heterocycles. The molecule has 3 nitrogen and oxygen atoms in total. The minimum atomic E-state index is -0.506. The fourth-order valence-electron chi connectivity index (χ4n) is 6.27. The molecule has 3 heteroatoms. The standard InChI is InChI=1S/C27H23NO2/c1-15-12-13-17(14-16(15)2)28-25(29)23-22-18-8-4-6-10-20(18)27(3,24(23)26(28)30)21-11-7-5-9-19(21)22/h4-14,22-24H,1-3H3/t22?,23-,24-,27?/m0/s1. The number of nitrogens with zero attached hydrogens (tertiary/aromatic N) is 1. The maximum Gasteiger partial charge on any atom is 0.238 e. The number of carbonyl (C=O) groups is 2. The Bertz CT molecular complexity index is 1210. The van der Waals surface area contributed by atoms with Gasteiger partial charge in [0.2, 0.25) is 11.8 Å². The lowest BCUT2D eigenvalue weighted by atomic mass is 9.48. The average Bonchev–Trinajstić information content (AvgIpc) is 3.02. The number of hydrogen-bond donors (Lipinski definition) is 0. The topological polar surface area (TPSA) is 37.4 Å². The van der Waals surface area contributed by atoms with Gasteiger partial charge >= 0.3 is 0 Å². The highest BCUT2D eigenvalue weighted by atomic mass is 16.2. The average molecular weight is 393 g/mol. The van der Waals surface area contributed by atoms with Crippen LogP contribution in [0.25, 0.3) is 0 Å². The zero-order chi connectivity index (χ0) is 20.8. The lowest BCUT2D eigenvalue weighted by Gasteiger charge is -2.52. The molecule has 0 unspecified atom stereocenters. The van der Waals surface area contributed by atoms with Crippen LogP contribution in [0.4, 0.5) is 5.69 Å². The zero-order valence-corrected chi connectivity index (χ0v) is 17.3. The smallest absolute Gasteiger partial charge is 0.238 e. The Morgan fingerprint density at radius 1 is 0.767 bits per heavy atom. The van der Waals surface area contributed by atoms with Crippen molar-refractivity contribution >= 4 is 17.5 Å². The van der Waals surface area contributed by atoms with Crippen molar-refractivity contribution in [2.75, 3.05) is 4.90 Å². The number of rotatable bonds is 1. The summed E-state index contributed by atoms with van der Waals surface area (Å²) in [5, 5.41) is 0. The fourth-order valence-corrected chi connectivity index (χ4v) is 6.27. The molecule has 1 aliphatic heterocycles. The first kappa shape index (κ1) is 17.6. The van der Waals surface area contributed by atoms with Crippen molar-refractivity contribution in [3.05, 3.63) is 100 Å². The monoisotopic (exact) mass is 393 g/mol. The summed E-state index contributed by atoms with van der Waals surface area (Å²) in [6.07, 6.45) is 0. The van der Waals surface area contributed by atoms with E-state index in [1.165, 1.54) is 27.2 Å². The predicted octanol–water partition coefficient (Wildman–Crippen LogP) is 4.87. The predicted molar refractivity (Wildman–Crippen MR) is 117 cm³/mol. The highest BCUT2D eigenvalue weighted by molar-refractivity contribution is 6.23. The van der Waals surface area contributed by atoms with Gasteiger partial charge in [0, 0.05) is 11.3 Å². The molecule has 1 heterocycles. The Balaban J connectivity index is 1.60. The van der Waals surface area contributed by atoms with Gasteiger partial charge in [-0.3, -0.25) is 9.59 Å². The van der Waals surface area contributed by atoms with Crippen LogP contribution in [0.15, 0.2) is 66.7 Å². The second-order valence-corrected chi connectivity index (χ2v) is 9.14. The molecule has 2 atom stereocenters. The van der Waals surface area contributed by atoms with Gasteiger partial charge in [-0.1, -0.05) is 61.5 Å². The Morgan fingerprint density at radius 3 is 1.97 bits per heavy atom. The van der Waals surface area contributed by atoms with Gasteiger partial charge in [-0.05, 0) is 59.4 Å². The molecule has 30 heavy (non-hydrogen) atoms. The lowest BCUT2D eigenvalue weighted by molar-refractivity contribution is -0.123. The summed E-state index contributed by atoms with van der Waals surface area (Å²) < 4.78 is 0. The van der Waals surface area contributed by atoms with Crippen LogP contribution in [0.3, 0.4) is 0 Å². The molecule has 3 aromatic rings. The summed E-state index contributed by atoms with van der Waals surface area (Å²) in [5.41, 5.74) is 7.21. The van der Waals surface area contributed by atoms with E-state index < -0.39 is 5.41 Å². The van der Waals surface area contributed by atoms with E-state index >= 15 is 0 Å². The molecule has 1 fully saturated rings. The number of carbonyl (C=O) groups excluding carboxylic acids is 2. The summed E-state index contributed by atoms with van der Waals surface area (Å²) in [6.45, 7) is 6.22. The molecule has 0 spiro atoms. The van der Waals surface area contributed by atoms with Crippen molar-refractivity contribution in [1.82, 2.24) is 0 Å². The molecule has 148 valence electrons. The number of imide groups is 1. The van der Waals surface area contributed by atoms with E-state index in [4.69, 9.17) is 0 Å². The minimum Gasteiger partial charge on any atom is -0.274 e. The lowest BCUT2D eigenvalue weighted by Crippen LogP contribution is -2.51. The van der Waals surface area contributed by atoms with E-state index in [9.17, 15) is 9.59 Å². The maximum absolute atomic E-state index is 13.9. The van der Waals surface area contributed by atoms with Gasteiger partial charge in [0.05, 0.1) is 17.5 Å². The number of aryl methyl sites for hydroxylation is 2. The van der Waals surface area contributed by atoms with Gasteiger partial charge in [-0.2, -0.15) is 0 Å². The third kappa shape index (κ3) is 1.91. The molecule has 7 rings (SSSR count). The SMILES string of the molecule is Cc1ccc(N2C(=O)[C@@H]3[C@@H](C2=O)C2c4ccccc4C3(C)c3ccccc32)cc1C. The van der Waals surface area contributed by atoms with Gasteiger partial charge in [-0.15, -0.1) is 0 Å². The number of hydrogen-bond acceptors (Lipinski definition) is 2. The van der Waals surface area contributed by atoms with Crippen LogP contribution in [0.1, 0.15) is 46.2 Å². The molecule has 2 bridgehead atoms. The van der Waals surface area contributed by atoms with E-state index in [1.54, 1.807) is 0 Å². The normalized spacial score (nSPS) is 28.4. The summed E-state index contributed by atoms with van der Waals surface area (Å²) in [6, 6.07) is 22.6. The molecular weight excluding hydrogens is 370 g/mol. The van der Waals surface area contributed by atoms with Gasteiger partial charge < -0.3 is 0 Å². The van der Waals surface area contributed by atoms with E-state index in [-0.39, 0.29) is 29.6 Å².